The zero-order chi connectivity index (χ0) is 14.5. The molecule has 1 heterocycles. The molecule has 2 aromatic rings. The summed E-state index contributed by atoms with van der Waals surface area (Å²) in [4.78, 5) is 11.8. The van der Waals surface area contributed by atoms with E-state index in [0.29, 0.717) is 0 Å². The highest BCUT2D eigenvalue weighted by Crippen LogP contribution is 2.27. The van der Waals surface area contributed by atoms with Gasteiger partial charge in [0.15, 0.2) is 0 Å². The number of methoxy groups -OCH3 is 1. The molecule has 0 fully saturated rings. The fraction of sp³-hybridized carbons (Fsp3) is 0.333. The highest BCUT2D eigenvalue weighted by atomic mass is 79.9. The Hall–Kier alpha value is -1.96. The molecule has 0 bridgehead atoms. The quantitative estimate of drug-likeness (QED) is 0.888. The van der Waals surface area contributed by atoms with Crippen LogP contribution in [0.4, 0.5) is 0 Å². The molecule has 1 N–H and O–H groups in total. The molecule has 0 spiro atoms. The fourth-order valence-electron chi connectivity index (χ4n) is 1.72. The Morgan fingerprint density at radius 1 is 1.55 bits per heavy atom. The van der Waals surface area contributed by atoms with Crippen LogP contribution in [0.25, 0.3) is 0 Å². The highest BCUT2D eigenvalue weighted by Gasteiger charge is 2.12. The monoisotopic (exact) mass is 339 g/mol. The molecule has 1 aromatic carbocycles. The fourth-order valence-corrected chi connectivity index (χ4v) is 2.28. The zero-order valence-corrected chi connectivity index (χ0v) is 12.7. The molecule has 0 aliphatic rings. The van der Waals surface area contributed by atoms with E-state index in [2.05, 4.69) is 36.8 Å². The molecule has 106 valence electrons. The van der Waals surface area contributed by atoms with Gasteiger partial charge in [-0.3, -0.25) is 4.79 Å². The van der Waals surface area contributed by atoms with E-state index >= 15 is 0 Å². The van der Waals surface area contributed by atoms with Gasteiger partial charge in [-0.05, 0) is 51.0 Å². The second-order valence-corrected chi connectivity index (χ2v) is 5.04. The third-order valence-corrected chi connectivity index (χ3v) is 3.37. The molecule has 1 atom stereocenters. The summed E-state index contributed by atoms with van der Waals surface area (Å²) in [6.07, 6.45) is 1.40. The number of hydrogen-bond donors (Lipinski definition) is 1. The second-order valence-electron chi connectivity index (χ2n) is 4.19. The summed E-state index contributed by atoms with van der Waals surface area (Å²) >= 11 is 3.42. The molecule has 0 saturated heterocycles. The molecule has 7 nitrogen and oxygen atoms in total. The van der Waals surface area contributed by atoms with Crippen molar-refractivity contribution in [2.24, 2.45) is 0 Å². The van der Waals surface area contributed by atoms with Gasteiger partial charge in [-0.25, -0.2) is 4.68 Å². The lowest BCUT2D eigenvalue weighted by Gasteiger charge is -2.15. The average molecular weight is 340 g/mol. The lowest BCUT2D eigenvalue weighted by Crippen LogP contribution is -2.30. The third kappa shape index (κ3) is 3.53. The maximum atomic E-state index is 11.8. The molecular formula is C12H14BrN5O2. The van der Waals surface area contributed by atoms with Gasteiger partial charge in [-0.1, -0.05) is 6.07 Å². The summed E-state index contributed by atoms with van der Waals surface area (Å²) in [6.45, 7) is 2.00. The summed E-state index contributed by atoms with van der Waals surface area (Å²) in [7, 11) is 1.61. The van der Waals surface area contributed by atoms with Crippen molar-refractivity contribution < 1.29 is 9.53 Å². The number of nitrogens with one attached hydrogen (secondary N) is 1. The van der Waals surface area contributed by atoms with Crippen LogP contribution in [0.3, 0.4) is 0 Å². The Morgan fingerprint density at radius 3 is 2.95 bits per heavy atom. The van der Waals surface area contributed by atoms with Crippen LogP contribution in [0.1, 0.15) is 18.5 Å². The largest absolute Gasteiger partial charge is 0.496 e. The van der Waals surface area contributed by atoms with Crippen LogP contribution in [-0.4, -0.2) is 33.2 Å². The topological polar surface area (TPSA) is 81.9 Å². The number of hydrogen-bond acceptors (Lipinski definition) is 5. The molecule has 0 aliphatic carbocycles. The number of carbonyl (C=O) groups excluding carboxylic acids is 1. The van der Waals surface area contributed by atoms with Crippen molar-refractivity contribution >= 4 is 21.8 Å². The van der Waals surface area contributed by atoms with E-state index in [1.807, 2.05) is 25.1 Å². The maximum Gasteiger partial charge on any atom is 0.242 e. The first-order valence-corrected chi connectivity index (χ1v) is 6.73. The third-order valence-electron chi connectivity index (χ3n) is 2.75. The van der Waals surface area contributed by atoms with Crippen molar-refractivity contribution in [1.82, 2.24) is 25.5 Å². The summed E-state index contributed by atoms with van der Waals surface area (Å²) in [5.41, 5.74) is 0.975. The Kier molecular flexibility index (Phi) is 4.67. The van der Waals surface area contributed by atoms with Gasteiger partial charge in [0, 0.05) is 0 Å². The van der Waals surface area contributed by atoms with E-state index in [4.69, 9.17) is 4.74 Å². The Morgan fingerprint density at radius 2 is 2.35 bits per heavy atom. The van der Waals surface area contributed by atoms with Crippen LogP contribution in [0.15, 0.2) is 29.0 Å². The lowest BCUT2D eigenvalue weighted by molar-refractivity contribution is -0.122. The molecule has 20 heavy (non-hydrogen) atoms. The number of carbonyl (C=O) groups is 1. The van der Waals surface area contributed by atoms with Crippen LogP contribution < -0.4 is 10.1 Å². The molecular weight excluding hydrogens is 326 g/mol. The first kappa shape index (κ1) is 14.4. The van der Waals surface area contributed by atoms with Gasteiger partial charge in [-0.2, -0.15) is 0 Å². The molecule has 0 saturated carbocycles. The summed E-state index contributed by atoms with van der Waals surface area (Å²) in [5.74, 6) is 0.595. The number of amides is 1. The van der Waals surface area contributed by atoms with Crippen molar-refractivity contribution in [3.63, 3.8) is 0 Å². The predicted octanol–water partition coefficient (Wildman–Crippen LogP) is 1.32. The van der Waals surface area contributed by atoms with Crippen LogP contribution >= 0.6 is 15.9 Å². The number of halogens is 1. The van der Waals surface area contributed by atoms with Gasteiger partial charge in [0.2, 0.25) is 5.91 Å². The van der Waals surface area contributed by atoms with Gasteiger partial charge in [0.1, 0.15) is 18.6 Å². The van der Waals surface area contributed by atoms with Gasteiger partial charge in [0.05, 0.1) is 17.6 Å². The number of rotatable bonds is 5. The van der Waals surface area contributed by atoms with E-state index in [0.717, 1.165) is 15.8 Å². The van der Waals surface area contributed by atoms with Crippen LogP contribution in [-0.2, 0) is 11.3 Å². The minimum atomic E-state index is -0.156. The second kappa shape index (κ2) is 6.47. The zero-order valence-electron chi connectivity index (χ0n) is 11.1. The van der Waals surface area contributed by atoms with Crippen LogP contribution in [0.2, 0.25) is 0 Å². The van der Waals surface area contributed by atoms with Gasteiger partial charge >= 0.3 is 0 Å². The summed E-state index contributed by atoms with van der Waals surface area (Å²) in [6, 6.07) is 5.55. The Balaban J connectivity index is 1.99. The van der Waals surface area contributed by atoms with Gasteiger partial charge < -0.3 is 10.1 Å². The Labute approximate surface area is 124 Å². The van der Waals surface area contributed by atoms with Crippen molar-refractivity contribution in [2.45, 2.75) is 19.5 Å². The minimum absolute atomic E-state index is 0.0919. The van der Waals surface area contributed by atoms with E-state index < -0.39 is 0 Å². The number of tetrazole rings is 1. The average Bonchev–Trinajstić information content (AvgIpc) is 2.91. The maximum absolute atomic E-state index is 11.8. The number of aromatic nitrogens is 4. The van der Waals surface area contributed by atoms with Crippen molar-refractivity contribution in [1.29, 1.82) is 0 Å². The summed E-state index contributed by atoms with van der Waals surface area (Å²) < 4.78 is 7.38. The molecule has 2 rings (SSSR count). The predicted molar refractivity (Wildman–Crippen MR) is 75.1 cm³/mol. The van der Waals surface area contributed by atoms with E-state index in [1.54, 1.807) is 7.11 Å². The lowest BCUT2D eigenvalue weighted by atomic mass is 10.1. The number of ether oxygens (including phenoxy) is 1. The van der Waals surface area contributed by atoms with E-state index in [1.165, 1.54) is 11.0 Å². The Bertz CT molecular complexity index is 588. The number of nitrogens with zero attached hydrogens (tertiary/aromatic N) is 4. The number of benzene rings is 1. The van der Waals surface area contributed by atoms with E-state index in [9.17, 15) is 4.79 Å². The standard InChI is InChI=1S/C12H14BrN5O2/c1-8(9-3-4-11(20-2)10(13)5-9)15-12(19)6-18-7-14-16-17-18/h3-5,7-8H,6H2,1-2H3,(H,15,19)/t8-/m0/s1. The molecule has 1 aromatic heterocycles. The molecule has 0 radical (unpaired) electrons. The van der Waals surface area contributed by atoms with Crippen molar-refractivity contribution in [2.75, 3.05) is 7.11 Å². The van der Waals surface area contributed by atoms with Crippen molar-refractivity contribution in [3.8, 4) is 5.75 Å². The molecule has 1 amide bonds. The SMILES string of the molecule is COc1ccc([C@H](C)NC(=O)Cn2cnnn2)cc1Br. The normalized spacial score (nSPS) is 11.9. The van der Waals surface area contributed by atoms with Crippen LogP contribution in [0, 0.1) is 0 Å². The highest BCUT2D eigenvalue weighted by molar-refractivity contribution is 9.10. The molecule has 0 unspecified atom stereocenters. The van der Waals surface area contributed by atoms with Crippen LogP contribution in [0.5, 0.6) is 5.75 Å². The smallest absolute Gasteiger partial charge is 0.242 e. The van der Waals surface area contributed by atoms with E-state index in [-0.39, 0.29) is 18.5 Å². The van der Waals surface area contributed by atoms with Gasteiger partial charge in [0.25, 0.3) is 0 Å². The van der Waals surface area contributed by atoms with Gasteiger partial charge in [-0.15, -0.1) is 5.10 Å². The first-order chi connectivity index (χ1) is 9.60. The van der Waals surface area contributed by atoms with Crippen molar-refractivity contribution in [3.05, 3.63) is 34.6 Å². The molecule has 8 heteroatoms. The molecule has 0 aliphatic heterocycles. The summed E-state index contributed by atoms with van der Waals surface area (Å²) in [5, 5.41) is 13.5. The first-order valence-electron chi connectivity index (χ1n) is 5.93. The minimum Gasteiger partial charge on any atom is -0.496 e.